The number of aromatic nitrogens is 3. The topological polar surface area (TPSA) is 73.4 Å². The van der Waals surface area contributed by atoms with Gasteiger partial charge in [-0.3, -0.25) is 9.48 Å². The zero-order valence-electron chi connectivity index (χ0n) is 18.5. The summed E-state index contributed by atoms with van der Waals surface area (Å²) in [6.07, 6.45) is 6.29. The molecule has 0 spiro atoms. The molecule has 1 atom stereocenters. The Morgan fingerprint density at radius 2 is 2.10 bits per heavy atom. The van der Waals surface area contributed by atoms with Crippen LogP contribution in [0.15, 0.2) is 40.9 Å². The van der Waals surface area contributed by atoms with Gasteiger partial charge in [0.2, 0.25) is 0 Å². The number of piperidine rings is 1. The standard InChI is InChI=1S/C24H30N4O3/c1-4-6-19-14-22(27(2)26-19)24(29)28-12-5-7-18(16-28)23-25-15-21(31-23)13-17-8-10-20(30-3)11-9-17/h8-11,14-15,18H,4-7,12-13,16H2,1-3H3/t18-/m1/s1. The Labute approximate surface area is 183 Å². The average molecular weight is 423 g/mol. The molecule has 1 aliphatic heterocycles. The molecular formula is C24H30N4O3. The minimum Gasteiger partial charge on any atom is -0.497 e. The van der Waals surface area contributed by atoms with Gasteiger partial charge < -0.3 is 14.1 Å². The second-order valence-electron chi connectivity index (χ2n) is 8.17. The Bertz CT molecular complexity index is 1020. The van der Waals surface area contributed by atoms with Crippen LogP contribution in [-0.2, 0) is 19.9 Å². The van der Waals surface area contributed by atoms with Gasteiger partial charge in [-0.15, -0.1) is 0 Å². The van der Waals surface area contributed by atoms with Crippen molar-refractivity contribution in [2.24, 2.45) is 7.05 Å². The first-order valence-electron chi connectivity index (χ1n) is 11.0. The van der Waals surface area contributed by atoms with E-state index in [0.717, 1.165) is 60.9 Å². The first-order valence-corrected chi connectivity index (χ1v) is 11.0. The van der Waals surface area contributed by atoms with Gasteiger partial charge in [0, 0.05) is 26.6 Å². The minimum absolute atomic E-state index is 0.0343. The zero-order valence-corrected chi connectivity index (χ0v) is 18.5. The van der Waals surface area contributed by atoms with E-state index in [2.05, 4.69) is 17.0 Å². The lowest BCUT2D eigenvalue weighted by Gasteiger charge is -2.31. The number of oxazole rings is 1. The molecule has 7 nitrogen and oxygen atoms in total. The third-order valence-corrected chi connectivity index (χ3v) is 5.82. The summed E-state index contributed by atoms with van der Waals surface area (Å²) in [7, 11) is 3.50. The number of carbonyl (C=O) groups excluding carboxylic acids is 1. The van der Waals surface area contributed by atoms with Crippen molar-refractivity contribution in [3.05, 3.63) is 65.1 Å². The third-order valence-electron chi connectivity index (χ3n) is 5.82. The normalized spacial score (nSPS) is 16.5. The van der Waals surface area contributed by atoms with Crippen molar-refractivity contribution in [3.8, 4) is 5.75 Å². The van der Waals surface area contributed by atoms with Crippen molar-refractivity contribution >= 4 is 5.91 Å². The molecule has 0 unspecified atom stereocenters. The van der Waals surface area contributed by atoms with Crippen LogP contribution in [0.5, 0.6) is 5.75 Å². The van der Waals surface area contributed by atoms with Crippen molar-refractivity contribution in [2.75, 3.05) is 20.2 Å². The minimum atomic E-state index is 0.0343. The molecular weight excluding hydrogens is 392 g/mol. The molecule has 2 aromatic heterocycles. The largest absolute Gasteiger partial charge is 0.497 e. The Balaban J connectivity index is 1.42. The molecule has 0 radical (unpaired) electrons. The van der Waals surface area contributed by atoms with E-state index in [1.807, 2.05) is 42.3 Å². The number of carbonyl (C=O) groups is 1. The van der Waals surface area contributed by atoms with E-state index in [4.69, 9.17) is 9.15 Å². The summed E-state index contributed by atoms with van der Waals surface area (Å²) >= 11 is 0. The van der Waals surface area contributed by atoms with Gasteiger partial charge >= 0.3 is 0 Å². The van der Waals surface area contributed by atoms with E-state index in [1.165, 1.54) is 0 Å². The summed E-state index contributed by atoms with van der Waals surface area (Å²) in [4.78, 5) is 19.6. The maximum atomic E-state index is 13.1. The lowest BCUT2D eigenvalue weighted by Crippen LogP contribution is -2.40. The maximum absolute atomic E-state index is 13.1. The maximum Gasteiger partial charge on any atom is 0.272 e. The van der Waals surface area contributed by atoms with Gasteiger partial charge in [-0.2, -0.15) is 5.10 Å². The number of benzene rings is 1. The lowest BCUT2D eigenvalue weighted by molar-refractivity contribution is 0.0686. The van der Waals surface area contributed by atoms with Crippen molar-refractivity contribution in [3.63, 3.8) is 0 Å². The van der Waals surface area contributed by atoms with Gasteiger partial charge in [-0.1, -0.05) is 25.5 Å². The van der Waals surface area contributed by atoms with Crippen LogP contribution in [0, 0.1) is 0 Å². The van der Waals surface area contributed by atoms with E-state index >= 15 is 0 Å². The number of methoxy groups -OCH3 is 1. The Hall–Kier alpha value is -3.09. The lowest BCUT2D eigenvalue weighted by atomic mass is 9.97. The van der Waals surface area contributed by atoms with E-state index in [9.17, 15) is 4.79 Å². The highest BCUT2D eigenvalue weighted by Crippen LogP contribution is 2.28. The number of rotatable bonds is 7. The van der Waals surface area contributed by atoms with Crippen LogP contribution in [-0.4, -0.2) is 45.8 Å². The van der Waals surface area contributed by atoms with Crippen LogP contribution in [0.2, 0.25) is 0 Å². The van der Waals surface area contributed by atoms with Crippen LogP contribution in [0.1, 0.15) is 65.5 Å². The van der Waals surface area contributed by atoms with E-state index in [1.54, 1.807) is 18.0 Å². The first kappa shape index (κ1) is 21.2. The summed E-state index contributed by atoms with van der Waals surface area (Å²) in [6.45, 7) is 3.49. The number of hydrogen-bond donors (Lipinski definition) is 0. The molecule has 0 bridgehead atoms. The molecule has 3 heterocycles. The van der Waals surface area contributed by atoms with E-state index < -0.39 is 0 Å². The number of ether oxygens (including phenoxy) is 1. The number of amides is 1. The molecule has 1 fully saturated rings. The van der Waals surface area contributed by atoms with Gasteiger partial charge in [0.05, 0.1) is 24.9 Å². The molecule has 1 amide bonds. The van der Waals surface area contributed by atoms with Gasteiger partial charge in [0.1, 0.15) is 17.2 Å². The van der Waals surface area contributed by atoms with Crippen molar-refractivity contribution < 1.29 is 13.9 Å². The Morgan fingerprint density at radius 3 is 2.84 bits per heavy atom. The first-order chi connectivity index (χ1) is 15.1. The molecule has 3 aromatic rings. The third kappa shape index (κ3) is 4.81. The average Bonchev–Trinajstić information content (AvgIpc) is 3.40. The van der Waals surface area contributed by atoms with Crippen LogP contribution >= 0.6 is 0 Å². The van der Waals surface area contributed by atoms with Crippen LogP contribution < -0.4 is 4.74 Å². The summed E-state index contributed by atoms with van der Waals surface area (Å²) < 4.78 is 13.0. The highest BCUT2D eigenvalue weighted by Gasteiger charge is 2.29. The summed E-state index contributed by atoms with van der Waals surface area (Å²) in [5.74, 6) is 2.54. The van der Waals surface area contributed by atoms with Crippen molar-refractivity contribution in [2.45, 2.75) is 44.9 Å². The number of aryl methyl sites for hydroxylation is 2. The summed E-state index contributed by atoms with van der Waals surface area (Å²) in [5, 5.41) is 4.48. The second kappa shape index (κ2) is 9.37. The molecule has 1 saturated heterocycles. The molecule has 164 valence electrons. The van der Waals surface area contributed by atoms with Gasteiger partial charge in [-0.25, -0.2) is 4.98 Å². The van der Waals surface area contributed by atoms with Gasteiger partial charge in [0.25, 0.3) is 5.91 Å². The SMILES string of the molecule is CCCc1cc(C(=O)N2CCC[C@@H](c3ncc(Cc4ccc(OC)cc4)o3)C2)n(C)n1. The monoisotopic (exact) mass is 422 g/mol. The van der Waals surface area contributed by atoms with Crippen molar-refractivity contribution in [1.29, 1.82) is 0 Å². The van der Waals surface area contributed by atoms with Gasteiger partial charge in [0.15, 0.2) is 5.89 Å². The van der Waals surface area contributed by atoms with Crippen molar-refractivity contribution in [1.82, 2.24) is 19.7 Å². The molecule has 31 heavy (non-hydrogen) atoms. The molecule has 0 aliphatic carbocycles. The molecule has 1 aliphatic rings. The molecule has 0 N–H and O–H groups in total. The Kier molecular flexibility index (Phi) is 6.39. The quantitative estimate of drug-likeness (QED) is 0.576. The highest BCUT2D eigenvalue weighted by molar-refractivity contribution is 5.92. The van der Waals surface area contributed by atoms with E-state index in [-0.39, 0.29) is 11.8 Å². The molecule has 7 heteroatoms. The highest BCUT2D eigenvalue weighted by atomic mass is 16.5. The van der Waals surface area contributed by atoms with Crippen LogP contribution in [0.25, 0.3) is 0 Å². The summed E-state index contributed by atoms with van der Waals surface area (Å²) in [6, 6.07) is 9.88. The second-order valence-corrected chi connectivity index (χ2v) is 8.17. The fourth-order valence-electron chi connectivity index (χ4n) is 4.17. The van der Waals surface area contributed by atoms with Gasteiger partial charge in [-0.05, 0) is 43.0 Å². The predicted octanol–water partition coefficient (Wildman–Crippen LogP) is 3.98. The molecule has 0 saturated carbocycles. The Morgan fingerprint density at radius 1 is 1.29 bits per heavy atom. The molecule has 1 aromatic carbocycles. The fraction of sp³-hybridized carbons (Fsp3) is 0.458. The number of nitrogens with zero attached hydrogens (tertiary/aromatic N) is 4. The predicted molar refractivity (Wildman–Crippen MR) is 117 cm³/mol. The van der Waals surface area contributed by atoms with E-state index in [0.29, 0.717) is 18.7 Å². The summed E-state index contributed by atoms with van der Waals surface area (Å²) in [5.41, 5.74) is 2.76. The number of hydrogen-bond acceptors (Lipinski definition) is 5. The molecule has 4 rings (SSSR count). The zero-order chi connectivity index (χ0) is 21.8. The van der Waals surface area contributed by atoms with Crippen LogP contribution in [0.4, 0.5) is 0 Å². The van der Waals surface area contributed by atoms with Crippen LogP contribution in [0.3, 0.4) is 0 Å². The fourth-order valence-corrected chi connectivity index (χ4v) is 4.17. The smallest absolute Gasteiger partial charge is 0.272 e. The number of likely N-dealkylation sites (tertiary alicyclic amines) is 1.